The van der Waals surface area contributed by atoms with Gasteiger partial charge in [0.15, 0.2) is 17.6 Å². The standard InChI is InChI=1S/C23H29NO9/c1-24-7-6-23-13-5-3-11(25)15(23)10(24)8-9-2-4-12(19(32-13)14(9)23)31-22-18(28)16(26)17(27)20(33-22)21(29)30/h2,4,10-11,13,15-18,20,22,25-28H,3,5-8H2,1H3,(H,29,30)/t10-,11?,13+,15-,16+,17+,18-,20+,22-,23-/m1/s1. The Morgan fingerprint density at radius 1 is 1.15 bits per heavy atom. The first kappa shape index (κ1) is 21.6. The molecular formula is C23H29NO9. The normalized spacial score (nSPS) is 45.8. The predicted molar refractivity (Wildman–Crippen MR) is 111 cm³/mol. The molecule has 0 amide bonds. The van der Waals surface area contributed by atoms with Crippen LogP contribution in [0.2, 0.25) is 0 Å². The highest BCUT2D eigenvalue weighted by Crippen LogP contribution is 2.63. The number of ether oxygens (including phenoxy) is 3. The highest BCUT2D eigenvalue weighted by atomic mass is 16.7. The molecule has 2 saturated heterocycles. The lowest BCUT2D eigenvalue weighted by Crippen LogP contribution is -2.67. The number of aliphatic hydroxyl groups is 4. The van der Waals surface area contributed by atoms with Crippen LogP contribution in [0.3, 0.4) is 0 Å². The summed E-state index contributed by atoms with van der Waals surface area (Å²) in [7, 11) is 2.10. The first-order valence-corrected chi connectivity index (χ1v) is 11.5. The number of hydrogen-bond acceptors (Lipinski definition) is 9. The molecule has 10 nitrogen and oxygen atoms in total. The van der Waals surface area contributed by atoms with E-state index in [0.717, 1.165) is 36.9 Å². The Morgan fingerprint density at radius 2 is 1.94 bits per heavy atom. The Balaban J connectivity index is 1.40. The summed E-state index contributed by atoms with van der Waals surface area (Å²) < 4.78 is 17.7. The molecule has 0 aromatic heterocycles. The second-order valence-electron chi connectivity index (χ2n) is 10.1. The fraction of sp³-hybridized carbons (Fsp3) is 0.696. The van der Waals surface area contributed by atoms with Gasteiger partial charge in [0.25, 0.3) is 0 Å². The number of nitrogens with zero attached hydrogens (tertiary/aromatic N) is 1. The third kappa shape index (κ3) is 2.79. The Bertz CT molecular complexity index is 987. The number of carbonyl (C=O) groups is 1. The van der Waals surface area contributed by atoms with Gasteiger partial charge in [-0.3, -0.25) is 0 Å². The third-order valence-corrected chi connectivity index (χ3v) is 8.59. The van der Waals surface area contributed by atoms with Gasteiger partial charge in [0.2, 0.25) is 6.29 Å². The fourth-order valence-corrected chi connectivity index (χ4v) is 7.08. The number of carboxylic acids is 1. The Morgan fingerprint density at radius 3 is 2.70 bits per heavy atom. The zero-order valence-corrected chi connectivity index (χ0v) is 18.2. The third-order valence-electron chi connectivity index (χ3n) is 8.59. The summed E-state index contributed by atoms with van der Waals surface area (Å²) in [4.78, 5) is 13.8. The molecule has 33 heavy (non-hydrogen) atoms. The van der Waals surface area contributed by atoms with Gasteiger partial charge in [0.1, 0.15) is 24.4 Å². The van der Waals surface area contributed by atoms with Gasteiger partial charge in [-0.25, -0.2) is 4.79 Å². The van der Waals surface area contributed by atoms with Crippen LogP contribution >= 0.6 is 0 Å². The van der Waals surface area contributed by atoms with E-state index in [0.29, 0.717) is 17.9 Å². The highest BCUT2D eigenvalue weighted by Gasteiger charge is 2.65. The molecule has 2 aliphatic carbocycles. The Hall–Kier alpha value is -1.95. The number of hydrogen-bond donors (Lipinski definition) is 5. The molecule has 1 aromatic carbocycles. The van der Waals surface area contributed by atoms with Crippen molar-refractivity contribution in [1.82, 2.24) is 4.90 Å². The zero-order chi connectivity index (χ0) is 23.2. The van der Waals surface area contributed by atoms with Gasteiger partial charge in [0, 0.05) is 22.9 Å². The topological polar surface area (TPSA) is 149 Å². The van der Waals surface area contributed by atoms with Crippen molar-refractivity contribution in [2.75, 3.05) is 13.6 Å². The molecule has 180 valence electrons. The molecule has 3 heterocycles. The molecule has 1 saturated carbocycles. The number of aliphatic carboxylic acids is 1. The van der Waals surface area contributed by atoms with Crippen LogP contribution in [0.5, 0.6) is 11.5 Å². The average Bonchev–Trinajstić information content (AvgIpc) is 3.12. The maximum absolute atomic E-state index is 11.5. The summed E-state index contributed by atoms with van der Waals surface area (Å²) in [5.74, 6) is -0.584. The second-order valence-corrected chi connectivity index (χ2v) is 10.1. The van der Waals surface area contributed by atoms with E-state index in [1.165, 1.54) is 0 Å². The van der Waals surface area contributed by atoms with E-state index in [2.05, 4.69) is 11.9 Å². The average molecular weight is 463 g/mol. The molecule has 3 aliphatic heterocycles. The van der Waals surface area contributed by atoms with Crippen LogP contribution in [-0.4, -0.2) is 98.9 Å². The van der Waals surface area contributed by atoms with Crippen LogP contribution in [0.4, 0.5) is 0 Å². The van der Waals surface area contributed by atoms with Crippen molar-refractivity contribution < 1.29 is 44.5 Å². The summed E-state index contributed by atoms with van der Waals surface area (Å²) >= 11 is 0. The summed E-state index contributed by atoms with van der Waals surface area (Å²) in [6.45, 7) is 0.895. The monoisotopic (exact) mass is 463 g/mol. The first-order chi connectivity index (χ1) is 15.7. The summed E-state index contributed by atoms with van der Waals surface area (Å²) in [6.07, 6.45) is -5.92. The lowest BCUT2D eigenvalue weighted by Gasteiger charge is -2.59. The number of aliphatic hydroxyl groups excluding tert-OH is 4. The van der Waals surface area contributed by atoms with Crippen molar-refractivity contribution in [2.45, 2.75) is 80.1 Å². The molecule has 10 heteroatoms. The Labute approximate surface area is 190 Å². The summed E-state index contributed by atoms with van der Waals surface area (Å²) in [6, 6.07) is 3.90. The molecule has 2 bridgehead atoms. The van der Waals surface area contributed by atoms with Crippen molar-refractivity contribution in [2.24, 2.45) is 5.92 Å². The van der Waals surface area contributed by atoms with Gasteiger partial charge < -0.3 is 44.6 Å². The van der Waals surface area contributed by atoms with Crippen LogP contribution in [0.1, 0.15) is 30.4 Å². The van der Waals surface area contributed by atoms with E-state index in [1.807, 2.05) is 6.07 Å². The molecule has 1 unspecified atom stereocenters. The van der Waals surface area contributed by atoms with Gasteiger partial charge in [0.05, 0.1) is 6.10 Å². The van der Waals surface area contributed by atoms with Gasteiger partial charge in [-0.15, -0.1) is 0 Å². The van der Waals surface area contributed by atoms with E-state index < -0.39 is 42.8 Å². The molecular weight excluding hydrogens is 434 g/mol. The number of piperidine rings is 1. The van der Waals surface area contributed by atoms with Crippen molar-refractivity contribution >= 4 is 5.97 Å². The van der Waals surface area contributed by atoms with Crippen molar-refractivity contribution in [3.8, 4) is 11.5 Å². The minimum absolute atomic E-state index is 0.0453. The SMILES string of the molecule is CN1CC[C@]23c4c5ccc(O[C@@H]6O[C@H](C(=O)O)[C@@H](O)[C@H](O)[C@H]6O)c4O[C@H]2CCC(O)[C@H]3[C@H]1C5. The van der Waals surface area contributed by atoms with Gasteiger partial charge in [-0.2, -0.15) is 0 Å². The fourth-order valence-electron chi connectivity index (χ4n) is 7.08. The van der Waals surface area contributed by atoms with Crippen LogP contribution in [0.25, 0.3) is 0 Å². The molecule has 0 radical (unpaired) electrons. The number of likely N-dealkylation sites (tertiary alicyclic amines) is 1. The maximum atomic E-state index is 11.5. The van der Waals surface area contributed by atoms with E-state index >= 15 is 0 Å². The van der Waals surface area contributed by atoms with E-state index in [9.17, 15) is 30.3 Å². The minimum atomic E-state index is -1.78. The van der Waals surface area contributed by atoms with E-state index in [4.69, 9.17) is 14.2 Å². The lowest BCUT2D eigenvalue weighted by molar-refractivity contribution is -0.271. The van der Waals surface area contributed by atoms with Gasteiger partial charge >= 0.3 is 5.97 Å². The number of rotatable bonds is 3. The second kappa shape index (κ2) is 7.27. The lowest BCUT2D eigenvalue weighted by atomic mass is 9.51. The molecule has 5 aliphatic rings. The molecule has 3 fully saturated rings. The Kier molecular flexibility index (Phi) is 4.75. The molecule has 10 atom stereocenters. The predicted octanol–water partition coefficient (Wildman–Crippen LogP) is -1.01. The number of likely N-dealkylation sites (N-methyl/N-ethyl adjacent to an activating group) is 1. The first-order valence-electron chi connectivity index (χ1n) is 11.5. The molecule has 5 N–H and O–H groups in total. The maximum Gasteiger partial charge on any atom is 0.335 e. The summed E-state index contributed by atoms with van der Waals surface area (Å²) in [5.41, 5.74) is 1.87. The number of benzene rings is 1. The van der Waals surface area contributed by atoms with Crippen LogP contribution in [0.15, 0.2) is 12.1 Å². The van der Waals surface area contributed by atoms with Gasteiger partial charge in [-0.05, 0) is 50.9 Å². The summed E-state index contributed by atoms with van der Waals surface area (Å²) in [5, 5.41) is 50.8. The molecule has 1 aromatic rings. The number of carboxylic acid groups (broad SMARTS) is 1. The molecule has 1 spiro atoms. The van der Waals surface area contributed by atoms with Crippen molar-refractivity contribution in [1.29, 1.82) is 0 Å². The van der Waals surface area contributed by atoms with Crippen LogP contribution in [-0.2, 0) is 21.4 Å². The minimum Gasteiger partial charge on any atom is -0.485 e. The quantitative estimate of drug-likeness (QED) is 0.377. The largest absolute Gasteiger partial charge is 0.485 e. The van der Waals surface area contributed by atoms with E-state index in [-0.39, 0.29) is 23.5 Å². The van der Waals surface area contributed by atoms with E-state index in [1.54, 1.807) is 6.07 Å². The zero-order valence-electron chi connectivity index (χ0n) is 18.2. The van der Waals surface area contributed by atoms with Crippen molar-refractivity contribution in [3.63, 3.8) is 0 Å². The molecule has 6 rings (SSSR count). The van der Waals surface area contributed by atoms with Gasteiger partial charge in [-0.1, -0.05) is 6.07 Å². The van der Waals surface area contributed by atoms with Crippen LogP contribution in [0, 0.1) is 5.92 Å². The van der Waals surface area contributed by atoms with Crippen molar-refractivity contribution in [3.05, 3.63) is 23.3 Å². The highest BCUT2D eigenvalue weighted by molar-refractivity contribution is 5.73. The smallest absolute Gasteiger partial charge is 0.335 e. The van der Waals surface area contributed by atoms with Crippen LogP contribution < -0.4 is 9.47 Å².